The number of anilines is 1. The van der Waals surface area contributed by atoms with Crippen LogP contribution in [0.25, 0.3) is 0 Å². The first-order chi connectivity index (χ1) is 8.79. The molecule has 92 valence electrons. The van der Waals surface area contributed by atoms with Crippen LogP contribution in [0, 0.1) is 17.2 Å². The van der Waals surface area contributed by atoms with E-state index in [2.05, 4.69) is 21.3 Å². The van der Waals surface area contributed by atoms with Crippen LogP contribution in [-0.4, -0.2) is 30.0 Å². The highest BCUT2D eigenvalue weighted by Gasteiger charge is 2.41. The summed E-state index contributed by atoms with van der Waals surface area (Å²) >= 11 is 0. The molecule has 0 aromatic carbocycles. The van der Waals surface area contributed by atoms with Crippen LogP contribution in [0.2, 0.25) is 0 Å². The zero-order valence-corrected chi connectivity index (χ0v) is 9.97. The standard InChI is InChI=1S/C13H14N4O/c14-7-9-3-1-5-12(16-9)17-6-2-4-10-11(17)8-15-13(10)18/h1,3,5,10-11H,2,4,6,8H2,(H,15,18). The van der Waals surface area contributed by atoms with Crippen molar-refractivity contribution in [1.29, 1.82) is 5.26 Å². The first-order valence-corrected chi connectivity index (χ1v) is 6.21. The molecule has 0 spiro atoms. The maximum Gasteiger partial charge on any atom is 0.225 e. The second-order valence-electron chi connectivity index (χ2n) is 4.75. The minimum absolute atomic E-state index is 0.0753. The van der Waals surface area contributed by atoms with E-state index in [9.17, 15) is 4.79 Å². The van der Waals surface area contributed by atoms with Crippen molar-refractivity contribution < 1.29 is 4.79 Å². The van der Waals surface area contributed by atoms with Crippen LogP contribution in [0.15, 0.2) is 18.2 Å². The topological polar surface area (TPSA) is 69.0 Å². The van der Waals surface area contributed by atoms with Crippen LogP contribution in [0.3, 0.4) is 0 Å². The molecule has 1 aromatic rings. The quantitative estimate of drug-likeness (QED) is 0.785. The maximum atomic E-state index is 11.7. The number of nitrogens with zero attached hydrogens (tertiary/aromatic N) is 3. The number of hydrogen-bond donors (Lipinski definition) is 1. The zero-order valence-electron chi connectivity index (χ0n) is 9.97. The summed E-state index contributed by atoms with van der Waals surface area (Å²) in [5, 5.41) is 11.8. The molecule has 2 fully saturated rings. The monoisotopic (exact) mass is 242 g/mol. The molecule has 0 radical (unpaired) electrons. The van der Waals surface area contributed by atoms with E-state index >= 15 is 0 Å². The van der Waals surface area contributed by atoms with Gasteiger partial charge in [-0.3, -0.25) is 4.79 Å². The summed E-state index contributed by atoms with van der Waals surface area (Å²) in [6, 6.07) is 7.69. The Labute approximate surface area is 105 Å². The Kier molecular flexibility index (Phi) is 2.63. The van der Waals surface area contributed by atoms with Crippen molar-refractivity contribution in [2.45, 2.75) is 18.9 Å². The number of carbonyl (C=O) groups is 1. The van der Waals surface area contributed by atoms with Gasteiger partial charge in [-0.2, -0.15) is 5.26 Å². The van der Waals surface area contributed by atoms with Gasteiger partial charge in [0.2, 0.25) is 5.91 Å². The Morgan fingerprint density at radius 3 is 3.22 bits per heavy atom. The van der Waals surface area contributed by atoms with Crippen LogP contribution < -0.4 is 10.2 Å². The van der Waals surface area contributed by atoms with Gasteiger partial charge in [-0.15, -0.1) is 0 Å². The molecule has 0 aliphatic carbocycles. The minimum atomic E-state index is 0.0753. The number of hydrogen-bond acceptors (Lipinski definition) is 4. The van der Waals surface area contributed by atoms with Gasteiger partial charge in [-0.25, -0.2) is 4.98 Å². The SMILES string of the molecule is N#Cc1cccc(N2CCCC3C(=O)NCC32)n1. The highest BCUT2D eigenvalue weighted by atomic mass is 16.2. The summed E-state index contributed by atoms with van der Waals surface area (Å²) in [6.07, 6.45) is 1.94. The molecule has 1 amide bonds. The molecule has 5 nitrogen and oxygen atoms in total. The summed E-state index contributed by atoms with van der Waals surface area (Å²) < 4.78 is 0. The molecule has 3 heterocycles. The van der Waals surface area contributed by atoms with Crippen LogP contribution in [0.5, 0.6) is 0 Å². The zero-order chi connectivity index (χ0) is 12.5. The fourth-order valence-electron chi connectivity index (χ4n) is 2.88. The van der Waals surface area contributed by atoms with Gasteiger partial charge in [0.1, 0.15) is 17.6 Å². The van der Waals surface area contributed by atoms with Crippen LogP contribution in [0.4, 0.5) is 5.82 Å². The molecule has 5 heteroatoms. The smallest absolute Gasteiger partial charge is 0.225 e. The molecular formula is C13H14N4O. The summed E-state index contributed by atoms with van der Waals surface area (Å²) in [7, 11) is 0. The summed E-state index contributed by atoms with van der Waals surface area (Å²) in [4.78, 5) is 18.2. The Bertz CT molecular complexity index is 522. The number of aromatic nitrogens is 1. The number of carbonyl (C=O) groups excluding carboxylic acids is 1. The van der Waals surface area contributed by atoms with Gasteiger partial charge < -0.3 is 10.2 Å². The van der Waals surface area contributed by atoms with Gasteiger partial charge in [-0.1, -0.05) is 6.07 Å². The molecule has 2 aliphatic heterocycles. The molecular weight excluding hydrogens is 228 g/mol. The molecule has 2 atom stereocenters. The number of pyridine rings is 1. The lowest BCUT2D eigenvalue weighted by molar-refractivity contribution is -0.122. The van der Waals surface area contributed by atoms with Gasteiger partial charge >= 0.3 is 0 Å². The fraction of sp³-hybridized carbons (Fsp3) is 0.462. The molecule has 2 saturated heterocycles. The van der Waals surface area contributed by atoms with Crippen molar-refractivity contribution in [1.82, 2.24) is 10.3 Å². The van der Waals surface area contributed by atoms with Gasteiger partial charge in [0, 0.05) is 13.1 Å². The third-order valence-electron chi connectivity index (χ3n) is 3.74. The molecule has 2 unspecified atom stereocenters. The van der Waals surface area contributed by atoms with Crippen molar-refractivity contribution in [2.75, 3.05) is 18.0 Å². The lowest BCUT2D eigenvalue weighted by Crippen LogP contribution is -2.46. The van der Waals surface area contributed by atoms with E-state index in [-0.39, 0.29) is 17.9 Å². The molecule has 0 bridgehead atoms. The Hall–Kier alpha value is -2.09. The minimum Gasteiger partial charge on any atom is -0.354 e. The van der Waals surface area contributed by atoms with Gasteiger partial charge in [0.25, 0.3) is 0 Å². The maximum absolute atomic E-state index is 11.7. The van der Waals surface area contributed by atoms with Gasteiger partial charge in [0.05, 0.1) is 12.0 Å². The lowest BCUT2D eigenvalue weighted by atomic mass is 9.91. The number of piperidine rings is 1. The average molecular weight is 242 g/mol. The average Bonchev–Trinajstić information content (AvgIpc) is 2.81. The number of amides is 1. The number of fused-ring (bicyclic) bond motifs is 1. The number of rotatable bonds is 1. The number of nitrogens with one attached hydrogen (secondary N) is 1. The number of nitriles is 1. The lowest BCUT2D eigenvalue weighted by Gasteiger charge is -2.36. The first-order valence-electron chi connectivity index (χ1n) is 6.21. The van der Waals surface area contributed by atoms with Gasteiger partial charge in [0.15, 0.2) is 0 Å². The van der Waals surface area contributed by atoms with Crippen LogP contribution >= 0.6 is 0 Å². The van der Waals surface area contributed by atoms with Gasteiger partial charge in [-0.05, 0) is 25.0 Å². The summed E-state index contributed by atoms with van der Waals surface area (Å²) in [5.41, 5.74) is 0.423. The van der Waals surface area contributed by atoms with E-state index in [1.165, 1.54) is 0 Å². The third kappa shape index (κ3) is 1.70. The Morgan fingerprint density at radius 1 is 1.50 bits per heavy atom. The molecule has 18 heavy (non-hydrogen) atoms. The van der Waals surface area contributed by atoms with Crippen LogP contribution in [0.1, 0.15) is 18.5 Å². The molecule has 1 aromatic heterocycles. The predicted octanol–water partition coefficient (Wildman–Crippen LogP) is 0.668. The first kappa shape index (κ1) is 11.0. The van der Waals surface area contributed by atoms with Crippen molar-refractivity contribution in [2.24, 2.45) is 5.92 Å². The highest BCUT2D eigenvalue weighted by Crippen LogP contribution is 2.30. The normalized spacial score (nSPS) is 26.4. The van der Waals surface area contributed by atoms with E-state index < -0.39 is 0 Å². The summed E-state index contributed by atoms with van der Waals surface area (Å²) in [5.74, 6) is 1.03. The van der Waals surface area contributed by atoms with Crippen molar-refractivity contribution in [3.05, 3.63) is 23.9 Å². The summed E-state index contributed by atoms with van der Waals surface area (Å²) in [6.45, 7) is 1.58. The van der Waals surface area contributed by atoms with E-state index in [0.717, 1.165) is 25.2 Å². The third-order valence-corrected chi connectivity index (χ3v) is 3.74. The van der Waals surface area contributed by atoms with E-state index in [0.29, 0.717) is 12.2 Å². The molecule has 0 saturated carbocycles. The molecule has 3 rings (SSSR count). The van der Waals surface area contributed by atoms with Crippen molar-refractivity contribution >= 4 is 11.7 Å². The van der Waals surface area contributed by atoms with Crippen molar-refractivity contribution in [3.8, 4) is 6.07 Å². The van der Waals surface area contributed by atoms with E-state index in [1.807, 2.05) is 12.1 Å². The largest absolute Gasteiger partial charge is 0.354 e. The van der Waals surface area contributed by atoms with E-state index in [4.69, 9.17) is 5.26 Å². The second-order valence-corrected chi connectivity index (χ2v) is 4.75. The second kappa shape index (κ2) is 4.30. The Morgan fingerprint density at radius 2 is 2.39 bits per heavy atom. The molecule has 1 N–H and O–H groups in total. The van der Waals surface area contributed by atoms with E-state index in [1.54, 1.807) is 6.07 Å². The Balaban J connectivity index is 1.91. The highest BCUT2D eigenvalue weighted by molar-refractivity contribution is 5.83. The fourth-order valence-corrected chi connectivity index (χ4v) is 2.88. The predicted molar refractivity (Wildman–Crippen MR) is 65.8 cm³/mol. The molecule has 2 aliphatic rings. The van der Waals surface area contributed by atoms with Crippen molar-refractivity contribution in [3.63, 3.8) is 0 Å². The van der Waals surface area contributed by atoms with Crippen LogP contribution in [-0.2, 0) is 4.79 Å².